The van der Waals surface area contributed by atoms with Crippen LogP contribution in [0.15, 0.2) is 78.6 Å². The molecule has 1 N–H and O–H groups in total. The Morgan fingerprint density at radius 2 is 1.42 bits per heavy atom. The number of hydrogen-bond donors (Lipinski definition) is 1. The SMILES string of the molecule is CCOc1ccc(/C(O)=C2/C(=O)C(=O)N(c3ccc(OCC)cc3)C2c2ccncc2)cc1. The summed E-state index contributed by atoms with van der Waals surface area (Å²) in [6, 6.07) is 16.3. The van der Waals surface area contributed by atoms with Crippen molar-refractivity contribution in [2.45, 2.75) is 19.9 Å². The van der Waals surface area contributed by atoms with Gasteiger partial charge >= 0.3 is 0 Å². The molecule has 2 aromatic carbocycles. The molecule has 1 saturated heterocycles. The van der Waals surface area contributed by atoms with E-state index in [4.69, 9.17) is 9.47 Å². The summed E-state index contributed by atoms with van der Waals surface area (Å²) < 4.78 is 10.9. The van der Waals surface area contributed by atoms with Crippen molar-refractivity contribution in [3.05, 3.63) is 89.8 Å². The van der Waals surface area contributed by atoms with Gasteiger partial charge in [-0.2, -0.15) is 0 Å². The van der Waals surface area contributed by atoms with Gasteiger partial charge in [0.2, 0.25) is 0 Å². The van der Waals surface area contributed by atoms with Crippen molar-refractivity contribution in [1.82, 2.24) is 4.98 Å². The maximum absolute atomic E-state index is 13.2. The van der Waals surface area contributed by atoms with E-state index in [0.717, 1.165) is 0 Å². The Morgan fingerprint density at radius 3 is 1.97 bits per heavy atom. The molecule has 0 spiro atoms. The van der Waals surface area contributed by atoms with E-state index in [1.54, 1.807) is 73.1 Å². The molecule has 1 aliphatic heterocycles. The fourth-order valence-corrected chi connectivity index (χ4v) is 3.86. The number of carbonyl (C=O) groups is 2. The number of aliphatic hydroxyl groups is 1. The van der Waals surface area contributed by atoms with Crippen molar-refractivity contribution in [3.8, 4) is 11.5 Å². The monoisotopic (exact) mass is 444 g/mol. The van der Waals surface area contributed by atoms with E-state index in [9.17, 15) is 14.7 Å². The highest BCUT2D eigenvalue weighted by Crippen LogP contribution is 2.42. The molecule has 0 bridgehead atoms. The first-order chi connectivity index (χ1) is 16.0. The van der Waals surface area contributed by atoms with Gasteiger partial charge in [-0.05, 0) is 80.1 Å². The molecule has 1 fully saturated rings. The zero-order valence-corrected chi connectivity index (χ0v) is 18.4. The lowest BCUT2D eigenvalue weighted by Gasteiger charge is -2.25. The fraction of sp³-hybridized carbons (Fsp3) is 0.192. The lowest BCUT2D eigenvalue weighted by Crippen LogP contribution is -2.29. The summed E-state index contributed by atoms with van der Waals surface area (Å²) in [5.41, 5.74) is 1.62. The van der Waals surface area contributed by atoms with E-state index in [0.29, 0.717) is 41.5 Å². The molecule has 0 radical (unpaired) electrons. The fourth-order valence-electron chi connectivity index (χ4n) is 3.86. The molecule has 1 atom stereocenters. The van der Waals surface area contributed by atoms with Crippen LogP contribution in [-0.2, 0) is 9.59 Å². The third-order valence-electron chi connectivity index (χ3n) is 5.33. The lowest BCUT2D eigenvalue weighted by molar-refractivity contribution is -0.132. The molecular formula is C26H24N2O5. The van der Waals surface area contributed by atoms with Crippen molar-refractivity contribution in [1.29, 1.82) is 0 Å². The minimum absolute atomic E-state index is 0.0178. The highest BCUT2D eigenvalue weighted by atomic mass is 16.5. The van der Waals surface area contributed by atoms with Gasteiger partial charge in [-0.3, -0.25) is 19.5 Å². The summed E-state index contributed by atoms with van der Waals surface area (Å²) >= 11 is 0. The van der Waals surface area contributed by atoms with Crippen LogP contribution in [0, 0.1) is 0 Å². The van der Waals surface area contributed by atoms with Crippen LogP contribution in [-0.4, -0.2) is 35.0 Å². The lowest BCUT2D eigenvalue weighted by atomic mass is 9.95. The zero-order valence-electron chi connectivity index (χ0n) is 18.4. The Balaban J connectivity index is 1.83. The van der Waals surface area contributed by atoms with Gasteiger partial charge in [0.15, 0.2) is 0 Å². The number of benzene rings is 2. The van der Waals surface area contributed by atoms with Gasteiger partial charge in [-0.15, -0.1) is 0 Å². The number of pyridine rings is 1. The third-order valence-corrected chi connectivity index (χ3v) is 5.33. The number of carbonyl (C=O) groups excluding carboxylic acids is 2. The number of aliphatic hydroxyl groups excluding tert-OH is 1. The summed E-state index contributed by atoms with van der Waals surface area (Å²) in [5.74, 6) is -0.403. The number of ether oxygens (including phenoxy) is 2. The molecule has 1 aromatic heterocycles. The van der Waals surface area contributed by atoms with Crippen molar-refractivity contribution in [2.75, 3.05) is 18.1 Å². The van der Waals surface area contributed by atoms with E-state index in [-0.39, 0.29) is 11.3 Å². The van der Waals surface area contributed by atoms with Crippen LogP contribution < -0.4 is 14.4 Å². The summed E-state index contributed by atoms with van der Waals surface area (Å²) in [6.45, 7) is 4.80. The molecule has 2 heterocycles. The van der Waals surface area contributed by atoms with Gasteiger partial charge in [0, 0.05) is 23.6 Å². The molecular weight excluding hydrogens is 420 g/mol. The third kappa shape index (κ3) is 4.30. The van der Waals surface area contributed by atoms with E-state index >= 15 is 0 Å². The second kappa shape index (κ2) is 9.56. The Hall–Kier alpha value is -4.13. The Kier molecular flexibility index (Phi) is 6.40. The van der Waals surface area contributed by atoms with E-state index < -0.39 is 17.7 Å². The first-order valence-corrected chi connectivity index (χ1v) is 10.7. The van der Waals surface area contributed by atoms with Crippen LogP contribution in [0.1, 0.15) is 31.0 Å². The maximum atomic E-state index is 13.2. The molecule has 1 aliphatic rings. The molecule has 0 saturated carbocycles. The van der Waals surface area contributed by atoms with Gasteiger partial charge < -0.3 is 14.6 Å². The zero-order chi connectivity index (χ0) is 23.4. The number of amides is 1. The quantitative estimate of drug-likeness (QED) is 0.328. The molecule has 4 rings (SSSR count). The van der Waals surface area contributed by atoms with E-state index in [1.165, 1.54) is 4.90 Å². The standard InChI is InChI=1S/C26H24N2O5/c1-3-32-20-9-5-18(6-10-20)24(29)22-23(17-13-15-27-16-14-17)28(26(31)25(22)30)19-7-11-21(12-8-19)33-4-2/h5-16,23,29H,3-4H2,1-2H3/b24-22-. The second-order valence-corrected chi connectivity index (χ2v) is 7.33. The summed E-state index contributed by atoms with van der Waals surface area (Å²) in [7, 11) is 0. The molecule has 1 amide bonds. The highest BCUT2D eigenvalue weighted by Gasteiger charge is 2.46. The molecule has 0 aliphatic carbocycles. The molecule has 7 heteroatoms. The molecule has 7 nitrogen and oxygen atoms in total. The second-order valence-electron chi connectivity index (χ2n) is 7.33. The van der Waals surface area contributed by atoms with Crippen LogP contribution in [0.3, 0.4) is 0 Å². The van der Waals surface area contributed by atoms with Gasteiger partial charge in [0.1, 0.15) is 17.3 Å². The predicted molar refractivity (Wildman–Crippen MR) is 124 cm³/mol. The van der Waals surface area contributed by atoms with Gasteiger partial charge in [-0.1, -0.05) is 0 Å². The van der Waals surface area contributed by atoms with Crippen molar-refractivity contribution < 1.29 is 24.2 Å². The number of ketones is 1. The van der Waals surface area contributed by atoms with Crippen LogP contribution in [0.25, 0.3) is 5.76 Å². The first-order valence-electron chi connectivity index (χ1n) is 10.7. The first kappa shape index (κ1) is 22.1. The van der Waals surface area contributed by atoms with Crippen molar-refractivity contribution >= 4 is 23.1 Å². The molecule has 168 valence electrons. The minimum Gasteiger partial charge on any atom is -0.507 e. The van der Waals surface area contributed by atoms with Crippen molar-refractivity contribution in [2.24, 2.45) is 0 Å². The van der Waals surface area contributed by atoms with Gasteiger partial charge in [-0.25, -0.2) is 0 Å². The van der Waals surface area contributed by atoms with Crippen LogP contribution in [0.5, 0.6) is 11.5 Å². The normalized spacial score (nSPS) is 17.3. The number of rotatable bonds is 7. The maximum Gasteiger partial charge on any atom is 0.300 e. The van der Waals surface area contributed by atoms with E-state index in [1.807, 2.05) is 13.8 Å². The van der Waals surface area contributed by atoms with Crippen LogP contribution in [0.4, 0.5) is 5.69 Å². The molecule has 33 heavy (non-hydrogen) atoms. The van der Waals surface area contributed by atoms with Gasteiger partial charge in [0.25, 0.3) is 11.7 Å². The van der Waals surface area contributed by atoms with Gasteiger partial charge in [0.05, 0.1) is 24.8 Å². The topological polar surface area (TPSA) is 89.0 Å². The smallest absolute Gasteiger partial charge is 0.300 e. The largest absolute Gasteiger partial charge is 0.507 e. The Morgan fingerprint density at radius 1 is 0.879 bits per heavy atom. The Bertz CT molecular complexity index is 1170. The average molecular weight is 444 g/mol. The molecule has 3 aromatic rings. The predicted octanol–water partition coefficient (Wildman–Crippen LogP) is 4.51. The number of anilines is 1. The molecule has 1 unspecified atom stereocenters. The Labute approximate surface area is 191 Å². The van der Waals surface area contributed by atoms with Crippen LogP contribution in [0.2, 0.25) is 0 Å². The number of hydrogen-bond acceptors (Lipinski definition) is 6. The van der Waals surface area contributed by atoms with E-state index in [2.05, 4.69) is 4.98 Å². The summed E-state index contributed by atoms with van der Waals surface area (Å²) in [4.78, 5) is 31.7. The van der Waals surface area contributed by atoms with Crippen molar-refractivity contribution in [3.63, 3.8) is 0 Å². The summed E-state index contributed by atoms with van der Waals surface area (Å²) in [5, 5.41) is 11.1. The number of Topliss-reactive ketones (excluding diaryl/α,β-unsaturated/α-hetero) is 1. The summed E-state index contributed by atoms with van der Waals surface area (Å²) in [6.07, 6.45) is 3.18. The highest BCUT2D eigenvalue weighted by molar-refractivity contribution is 6.51. The minimum atomic E-state index is -0.808. The number of nitrogens with zero attached hydrogens (tertiary/aromatic N) is 2. The average Bonchev–Trinajstić information content (AvgIpc) is 3.11. The number of aromatic nitrogens is 1. The van der Waals surface area contributed by atoms with Crippen LogP contribution >= 0.6 is 0 Å².